The van der Waals surface area contributed by atoms with Crippen LogP contribution in [-0.4, -0.2) is 33.7 Å². The second-order valence-corrected chi connectivity index (χ2v) is 7.14. The maximum absolute atomic E-state index is 12.2. The molecule has 1 saturated heterocycles. The predicted octanol–water partition coefficient (Wildman–Crippen LogP) is 4.34. The molecule has 1 aliphatic rings. The van der Waals surface area contributed by atoms with Crippen LogP contribution in [0.2, 0.25) is 0 Å². The standard InChI is InChI=1S/C18H13NO4S2/c1-2-7-19-16(20)15(25-18(19)23)9-14-8-13(10-24-14)11-3-5-12(6-4-11)17(21)22/h2-6,8-10H,1,7H2,(H,21,22). The van der Waals surface area contributed by atoms with Crippen molar-refractivity contribution in [1.29, 1.82) is 0 Å². The first-order chi connectivity index (χ1) is 12.0. The zero-order chi connectivity index (χ0) is 18.0. The molecule has 3 rings (SSSR count). The third-order valence-electron chi connectivity index (χ3n) is 3.54. The van der Waals surface area contributed by atoms with Gasteiger partial charge in [-0.3, -0.25) is 14.5 Å². The molecule has 1 N–H and O–H groups in total. The van der Waals surface area contributed by atoms with Crippen molar-refractivity contribution in [1.82, 2.24) is 4.90 Å². The highest BCUT2D eigenvalue weighted by molar-refractivity contribution is 8.18. The summed E-state index contributed by atoms with van der Waals surface area (Å²) in [6.07, 6.45) is 3.22. The van der Waals surface area contributed by atoms with Gasteiger partial charge in [0.2, 0.25) is 0 Å². The normalized spacial score (nSPS) is 15.8. The van der Waals surface area contributed by atoms with Crippen LogP contribution < -0.4 is 0 Å². The molecule has 0 atom stereocenters. The number of carboxylic acids is 1. The topological polar surface area (TPSA) is 74.7 Å². The number of aromatic carboxylic acids is 1. The lowest BCUT2D eigenvalue weighted by Crippen LogP contribution is -2.27. The Bertz CT molecular complexity index is 896. The molecule has 7 heteroatoms. The summed E-state index contributed by atoms with van der Waals surface area (Å²) in [5.74, 6) is -1.27. The summed E-state index contributed by atoms with van der Waals surface area (Å²) in [5, 5.41) is 10.6. The largest absolute Gasteiger partial charge is 0.478 e. The van der Waals surface area contributed by atoms with Gasteiger partial charge in [-0.1, -0.05) is 18.2 Å². The number of benzene rings is 1. The third-order valence-corrected chi connectivity index (χ3v) is 5.33. The summed E-state index contributed by atoms with van der Waals surface area (Å²) < 4.78 is 0. The maximum atomic E-state index is 12.2. The molecule has 0 radical (unpaired) electrons. The second-order valence-electron chi connectivity index (χ2n) is 5.20. The number of imide groups is 1. The van der Waals surface area contributed by atoms with Crippen LogP contribution >= 0.6 is 23.1 Å². The Balaban J connectivity index is 1.82. The lowest BCUT2D eigenvalue weighted by molar-refractivity contribution is -0.122. The third kappa shape index (κ3) is 3.57. The van der Waals surface area contributed by atoms with Gasteiger partial charge >= 0.3 is 5.97 Å². The number of carbonyl (C=O) groups is 3. The highest BCUT2D eigenvalue weighted by atomic mass is 32.2. The molecule has 5 nitrogen and oxygen atoms in total. The molecule has 0 aliphatic carbocycles. The van der Waals surface area contributed by atoms with Crippen molar-refractivity contribution in [3.8, 4) is 11.1 Å². The Morgan fingerprint density at radius 2 is 1.92 bits per heavy atom. The molecule has 1 fully saturated rings. The summed E-state index contributed by atoms with van der Waals surface area (Å²) in [5.41, 5.74) is 2.05. The summed E-state index contributed by atoms with van der Waals surface area (Å²) in [6.45, 7) is 3.75. The van der Waals surface area contributed by atoms with Crippen LogP contribution in [0.5, 0.6) is 0 Å². The highest BCUT2D eigenvalue weighted by Crippen LogP contribution is 2.34. The summed E-state index contributed by atoms with van der Waals surface area (Å²) in [6, 6.07) is 8.49. The number of hydrogen-bond acceptors (Lipinski definition) is 5. The van der Waals surface area contributed by atoms with Gasteiger partial charge in [0.25, 0.3) is 11.1 Å². The van der Waals surface area contributed by atoms with Gasteiger partial charge in [-0.05, 0) is 52.5 Å². The van der Waals surface area contributed by atoms with Gasteiger partial charge in [0.15, 0.2) is 0 Å². The SMILES string of the molecule is C=CCN1C(=O)SC(=Cc2cc(-c3ccc(C(=O)O)cc3)cs2)C1=O. The van der Waals surface area contributed by atoms with E-state index in [0.717, 1.165) is 32.7 Å². The van der Waals surface area contributed by atoms with E-state index in [4.69, 9.17) is 5.11 Å². The van der Waals surface area contributed by atoms with Gasteiger partial charge in [-0.25, -0.2) is 4.79 Å². The van der Waals surface area contributed by atoms with Crippen molar-refractivity contribution >= 4 is 46.3 Å². The van der Waals surface area contributed by atoms with Crippen LogP contribution in [0.3, 0.4) is 0 Å². The van der Waals surface area contributed by atoms with E-state index in [1.807, 2.05) is 11.4 Å². The van der Waals surface area contributed by atoms with Gasteiger partial charge in [-0.15, -0.1) is 17.9 Å². The van der Waals surface area contributed by atoms with Gasteiger partial charge in [0.05, 0.1) is 10.5 Å². The van der Waals surface area contributed by atoms with E-state index in [-0.39, 0.29) is 23.3 Å². The zero-order valence-corrected chi connectivity index (χ0v) is 14.6. The number of carboxylic acid groups (broad SMARTS) is 1. The Hall–Kier alpha value is -2.64. The monoisotopic (exact) mass is 371 g/mol. The molecule has 126 valence electrons. The number of hydrogen-bond donors (Lipinski definition) is 1. The molecule has 0 saturated carbocycles. The molecule has 2 amide bonds. The van der Waals surface area contributed by atoms with E-state index in [9.17, 15) is 14.4 Å². The average Bonchev–Trinajstić information content (AvgIpc) is 3.16. The minimum Gasteiger partial charge on any atom is -0.478 e. The number of amides is 2. The highest BCUT2D eigenvalue weighted by Gasteiger charge is 2.34. The van der Waals surface area contributed by atoms with Gasteiger partial charge < -0.3 is 5.11 Å². The average molecular weight is 371 g/mol. The molecule has 0 bridgehead atoms. The quantitative estimate of drug-likeness (QED) is 0.625. The summed E-state index contributed by atoms with van der Waals surface area (Å²) in [4.78, 5) is 37.3. The van der Waals surface area contributed by atoms with E-state index in [2.05, 4.69) is 6.58 Å². The van der Waals surface area contributed by atoms with E-state index in [1.54, 1.807) is 30.3 Å². The molecule has 2 aromatic rings. The van der Waals surface area contributed by atoms with E-state index in [0.29, 0.717) is 4.91 Å². The number of thioether (sulfide) groups is 1. The summed E-state index contributed by atoms with van der Waals surface area (Å²) >= 11 is 2.37. The molecule has 25 heavy (non-hydrogen) atoms. The fourth-order valence-corrected chi connectivity index (χ4v) is 4.06. The molecule has 1 aliphatic heterocycles. The number of nitrogens with zero attached hydrogens (tertiary/aromatic N) is 1. The van der Waals surface area contributed by atoms with Crippen LogP contribution in [0.15, 0.2) is 53.3 Å². The molecular formula is C18H13NO4S2. The molecule has 0 unspecified atom stereocenters. The minimum absolute atomic E-state index is 0.202. The predicted molar refractivity (Wildman–Crippen MR) is 99.6 cm³/mol. The van der Waals surface area contributed by atoms with Crippen molar-refractivity contribution in [2.24, 2.45) is 0 Å². The van der Waals surface area contributed by atoms with Crippen LogP contribution in [0.1, 0.15) is 15.2 Å². The maximum Gasteiger partial charge on any atom is 0.335 e. The minimum atomic E-state index is -0.965. The Kier molecular flexibility index (Phi) is 4.87. The van der Waals surface area contributed by atoms with E-state index in [1.165, 1.54) is 17.4 Å². The van der Waals surface area contributed by atoms with Gasteiger partial charge in [0.1, 0.15) is 0 Å². The number of carbonyl (C=O) groups excluding carboxylic acids is 2. The molecule has 1 aromatic carbocycles. The van der Waals surface area contributed by atoms with Crippen LogP contribution in [0.4, 0.5) is 4.79 Å². The smallest absolute Gasteiger partial charge is 0.335 e. The zero-order valence-electron chi connectivity index (χ0n) is 13.0. The summed E-state index contributed by atoms with van der Waals surface area (Å²) in [7, 11) is 0. The van der Waals surface area contributed by atoms with E-state index >= 15 is 0 Å². The molecular weight excluding hydrogens is 358 g/mol. The first-order valence-electron chi connectivity index (χ1n) is 7.28. The number of rotatable bonds is 5. The fraction of sp³-hybridized carbons (Fsp3) is 0.0556. The molecule has 1 aromatic heterocycles. The molecule has 0 spiro atoms. The lowest BCUT2D eigenvalue weighted by atomic mass is 10.1. The van der Waals surface area contributed by atoms with Crippen molar-refractivity contribution in [3.63, 3.8) is 0 Å². The fourth-order valence-electron chi connectivity index (χ4n) is 2.30. The Labute approximate surface area is 152 Å². The van der Waals surface area contributed by atoms with Crippen molar-refractivity contribution in [3.05, 3.63) is 63.7 Å². The van der Waals surface area contributed by atoms with Crippen molar-refractivity contribution in [2.45, 2.75) is 0 Å². The van der Waals surface area contributed by atoms with Crippen LogP contribution in [-0.2, 0) is 4.79 Å². The first-order valence-corrected chi connectivity index (χ1v) is 8.97. The van der Waals surface area contributed by atoms with Crippen LogP contribution in [0.25, 0.3) is 17.2 Å². The lowest BCUT2D eigenvalue weighted by Gasteiger charge is -2.07. The Morgan fingerprint density at radius 1 is 1.20 bits per heavy atom. The van der Waals surface area contributed by atoms with Crippen molar-refractivity contribution < 1.29 is 19.5 Å². The van der Waals surface area contributed by atoms with Gasteiger partial charge in [0, 0.05) is 11.4 Å². The van der Waals surface area contributed by atoms with Crippen LogP contribution in [0, 0.1) is 0 Å². The van der Waals surface area contributed by atoms with Crippen molar-refractivity contribution in [2.75, 3.05) is 6.54 Å². The van der Waals surface area contributed by atoms with E-state index < -0.39 is 5.97 Å². The Morgan fingerprint density at radius 3 is 2.56 bits per heavy atom. The second kappa shape index (κ2) is 7.08. The molecule has 2 heterocycles. The van der Waals surface area contributed by atoms with Gasteiger partial charge in [-0.2, -0.15) is 0 Å². The first kappa shape index (κ1) is 17.2. The number of thiophene rings is 1.